The first kappa shape index (κ1) is 15.2. The molecule has 3 rings (SSSR count). The van der Waals surface area contributed by atoms with E-state index in [0.29, 0.717) is 17.0 Å². The third kappa shape index (κ3) is 2.08. The van der Waals surface area contributed by atoms with E-state index in [1.807, 2.05) is 0 Å². The molecule has 2 atom stereocenters. The number of nitrogens with zero attached hydrogens (tertiary/aromatic N) is 1. The van der Waals surface area contributed by atoms with E-state index in [9.17, 15) is 9.18 Å². The Balaban J connectivity index is 1.78. The summed E-state index contributed by atoms with van der Waals surface area (Å²) in [6.07, 6.45) is 3.31. The topological polar surface area (TPSA) is 41.5 Å². The molecule has 1 aromatic carbocycles. The fourth-order valence-corrected chi connectivity index (χ4v) is 4.01. The van der Waals surface area contributed by atoms with Crippen LogP contribution in [0.3, 0.4) is 0 Å². The molecule has 0 spiro atoms. The van der Waals surface area contributed by atoms with Crippen LogP contribution in [-0.4, -0.2) is 11.6 Å². The maximum absolute atomic E-state index is 13.6. The monoisotopic (exact) mass is 302 g/mol. The highest BCUT2D eigenvalue weighted by molar-refractivity contribution is 5.98. The van der Waals surface area contributed by atoms with E-state index in [4.69, 9.17) is 0 Å². The van der Waals surface area contributed by atoms with Crippen molar-refractivity contribution in [3.63, 3.8) is 0 Å². The van der Waals surface area contributed by atoms with Gasteiger partial charge < -0.3 is 0 Å². The molecule has 0 radical (unpaired) electrons. The van der Waals surface area contributed by atoms with Gasteiger partial charge in [-0.15, -0.1) is 0 Å². The summed E-state index contributed by atoms with van der Waals surface area (Å²) in [5, 5.41) is 4.40. The number of carbonyl (C=O) groups is 1. The van der Waals surface area contributed by atoms with E-state index >= 15 is 0 Å². The van der Waals surface area contributed by atoms with Gasteiger partial charge in [0.25, 0.3) is 5.91 Å². The summed E-state index contributed by atoms with van der Waals surface area (Å²) in [6, 6.07) is 4.50. The summed E-state index contributed by atoms with van der Waals surface area (Å²) in [7, 11) is 0. The first-order valence-electron chi connectivity index (χ1n) is 7.89. The maximum Gasteiger partial charge on any atom is 0.271 e. The van der Waals surface area contributed by atoms with E-state index in [0.717, 1.165) is 18.6 Å². The van der Waals surface area contributed by atoms with E-state index in [1.165, 1.54) is 12.5 Å². The van der Waals surface area contributed by atoms with Gasteiger partial charge in [-0.3, -0.25) is 4.79 Å². The van der Waals surface area contributed by atoms with Gasteiger partial charge >= 0.3 is 0 Å². The van der Waals surface area contributed by atoms with Crippen LogP contribution in [0.4, 0.5) is 4.39 Å². The van der Waals surface area contributed by atoms with E-state index < -0.39 is 0 Å². The summed E-state index contributed by atoms with van der Waals surface area (Å²) in [4.78, 5) is 12.2. The number of nitrogens with one attached hydrogen (secondary N) is 1. The van der Waals surface area contributed by atoms with Crippen LogP contribution in [0.1, 0.15) is 56.0 Å². The second kappa shape index (κ2) is 4.90. The minimum Gasteiger partial charge on any atom is -0.267 e. The highest BCUT2D eigenvalue weighted by Gasteiger charge is 2.59. The Morgan fingerprint density at radius 2 is 2.09 bits per heavy atom. The van der Waals surface area contributed by atoms with Crippen molar-refractivity contribution < 1.29 is 9.18 Å². The number of rotatable bonds is 2. The number of aryl methyl sites for hydroxylation is 1. The Bertz CT molecular complexity index is 665. The van der Waals surface area contributed by atoms with Crippen LogP contribution in [0.15, 0.2) is 23.3 Å². The Kier molecular flexibility index (Phi) is 3.38. The molecular weight excluding hydrogens is 279 g/mol. The van der Waals surface area contributed by atoms with Crippen molar-refractivity contribution in [2.45, 2.75) is 47.0 Å². The van der Waals surface area contributed by atoms with E-state index in [-0.39, 0.29) is 22.6 Å². The molecule has 4 heteroatoms. The normalized spacial score (nSPS) is 30.8. The average molecular weight is 302 g/mol. The molecule has 1 N–H and O–H groups in total. The number of carbonyl (C=O) groups excluding carboxylic acids is 1. The quantitative estimate of drug-likeness (QED) is 0.822. The van der Waals surface area contributed by atoms with Crippen molar-refractivity contribution in [2.24, 2.45) is 21.8 Å². The fraction of sp³-hybridized carbons (Fsp3) is 0.556. The van der Waals surface area contributed by atoms with Crippen LogP contribution in [0.25, 0.3) is 0 Å². The molecule has 2 aliphatic carbocycles. The Morgan fingerprint density at radius 3 is 2.64 bits per heavy atom. The Morgan fingerprint density at radius 1 is 1.36 bits per heavy atom. The van der Waals surface area contributed by atoms with Gasteiger partial charge in [0, 0.05) is 16.7 Å². The number of hydrogen-bond acceptors (Lipinski definition) is 2. The number of amides is 1. The molecule has 22 heavy (non-hydrogen) atoms. The third-order valence-electron chi connectivity index (χ3n) is 6.24. The Labute approximate surface area is 131 Å². The van der Waals surface area contributed by atoms with Gasteiger partial charge in [-0.1, -0.05) is 26.8 Å². The van der Waals surface area contributed by atoms with Gasteiger partial charge in [0.1, 0.15) is 5.82 Å². The van der Waals surface area contributed by atoms with Crippen molar-refractivity contribution in [3.8, 4) is 0 Å². The fourth-order valence-electron chi connectivity index (χ4n) is 4.01. The molecule has 0 aromatic heterocycles. The molecular formula is C18H23FN2O. The highest BCUT2D eigenvalue weighted by atomic mass is 19.1. The molecule has 0 heterocycles. The maximum atomic E-state index is 13.6. The summed E-state index contributed by atoms with van der Waals surface area (Å²) in [5.41, 5.74) is 4.82. The SMILES string of the molecule is Cc1ccc(C(=O)N/N=C2/C[C@@H]3CC[C@]2(C)C3(C)C)cc1F. The zero-order chi connectivity index (χ0) is 16.1. The molecule has 1 amide bonds. The predicted molar refractivity (Wildman–Crippen MR) is 85.3 cm³/mol. The lowest BCUT2D eigenvalue weighted by Gasteiger charge is -2.34. The summed E-state index contributed by atoms with van der Waals surface area (Å²) < 4.78 is 13.6. The average Bonchev–Trinajstić information content (AvgIpc) is 2.80. The van der Waals surface area contributed by atoms with Crippen molar-refractivity contribution in [3.05, 3.63) is 35.1 Å². The number of hydrazone groups is 1. The zero-order valence-electron chi connectivity index (χ0n) is 13.7. The molecule has 118 valence electrons. The third-order valence-corrected chi connectivity index (χ3v) is 6.24. The van der Waals surface area contributed by atoms with E-state index in [1.54, 1.807) is 19.1 Å². The summed E-state index contributed by atoms with van der Waals surface area (Å²) >= 11 is 0. The molecule has 3 nitrogen and oxygen atoms in total. The first-order chi connectivity index (χ1) is 10.3. The summed E-state index contributed by atoms with van der Waals surface area (Å²) in [5.74, 6) is -0.0751. The molecule has 0 unspecified atom stereocenters. The predicted octanol–water partition coefficient (Wildman–Crippen LogP) is 4.07. The van der Waals surface area contributed by atoms with Crippen LogP contribution in [0, 0.1) is 29.5 Å². The molecule has 0 aliphatic heterocycles. The molecule has 2 aliphatic rings. The van der Waals surface area contributed by atoms with Crippen LogP contribution in [-0.2, 0) is 0 Å². The van der Waals surface area contributed by atoms with Crippen LogP contribution >= 0.6 is 0 Å². The smallest absolute Gasteiger partial charge is 0.267 e. The molecule has 1 aromatic rings. The standard InChI is InChI=1S/C18H23FN2O/c1-11-5-6-12(9-14(11)19)16(22)21-20-15-10-13-7-8-18(15,4)17(13,2)3/h5-6,9,13H,7-8,10H2,1-4H3,(H,21,22)/b20-15-/t13-,18-/m0/s1. The van der Waals surface area contributed by atoms with Gasteiger partial charge in [0.05, 0.1) is 0 Å². The lowest BCUT2D eigenvalue weighted by molar-refractivity contribution is 0.0953. The zero-order valence-corrected chi connectivity index (χ0v) is 13.7. The van der Waals surface area contributed by atoms with Crippen molar-refractivity contribution >= 4 is 11.6 Å². The minimum absolute atomic E-state index is 0.0590. The van der Waals surface area contributed by atoms with Crippen molar-refractivity contribution in [1.29, 1.82) is 0 Å². The Hall–Kier alpha value is -1.71. The number of fused-ring (bicyclic) bond motifs is 2. The van der Waals surface area contributed by atoms with E-state index in [2.05, 4.69) is 31.3 Å². The second-order valence-corrected chi connectivity index (χ2v) is 7.46. The van der Waals surface area contributed by atoms with Crippen LogP contribution in [0.5, 0.6) is 0 Å². The number of halogens is 1. The van der Waals surface area contributed by atoms with Crippen molar-refractivity contribution in [2.75, 3.05) is 0 Å². The summed E-state index contributed by atoms with van der Waals surface area (Å²) in [6.45, 7) is 8.51. The van der Waals surface area contributed by atoms with Gasteiger partial charge in [-0.25, -0.2) is 9.82 Å². The lowest BCUT2D eigenvalue weighted by atomic mass is 9.70. The molecule has 2 bridgehead atoms. The van der Waals surface area contributed by atoms with Crippen LogP contribution < -0.4 is 5.43 Å². The van der Waals surface area contributed by atoms with Gasteiger partial charge in [-0.2, -0.15) is 5.10 Å². The van der Waals surface area contributed by atoms with Gasteiger partial charge in [0.2, 0.25) is 0 Å². The first-order valence-corrected chi connectivity index (χ1v) is 7.89. The largest absolute Gasteiger partial charge is 0.271 e. The number of benzene rings is 1. The highest BCUT2D eigenvalue weighted by Crippen LogP contribution is 2.63. The minimum atomic E-state index is -0.367. The second-order valence-electron chi connectivity index (χ2n) is 7.46. The van der Waals surface area contributed by atoms with Gasteiger partial charge in [-0.05, 0) is 55.2 Å². The molecule has 0 saturated heterocycles. The number of hydrogen-bond donors (Lipinski definition) is 1. The van der Waals surface area contributed by atoms with Crippen molar-refractivity contribution in [1.82, 2.24) is 5.43 Å². The van der Waals surface area contributed by atoms with Gasteiger partial charge in [0.15, 0.2) is 0 Å². The molecule has 2 fully saturated rings. The molecule has 2 saturated carbocycles. The lowest BCUT2D eigenvalue weighted by Crippen LogP contribution is -2.34. The van der Waals surface area contributed by atoms with Crippen LogP contribution in [0.2, 0.25) is 0 Å².